The first-order valence-electron chi connectivity index (χ1n) is 41.3. The highest BCUT2D eigenvalue weighted by atomic mass is 35.5. The summed E-state index contributed by atoms with van der Waals surface area (Å²) in [6.07, 6.45) is 3.37. The molecule has 0 aliphatic carbocycles. The summed E-state index contributed by atoms with van der Waals surface area (Å²) < 4.78 is 56.7. The maximum Gasteiger partial charge on any atom is 0.257 e. The predicted octanol–water partition coefficient (Wildman–Crippen LogP) is 28.5. The summed E-state index contributed by atoms with van der Waals surface area (Å²) in [5, 5.41) is 18.5. The van der Waals surface area contributed by atoms with E-state index in [-0.39, 0.29) is 79.9 Å². The van der Waals surface area contributed by atoms with Gasteiger partial charge in [0.1, 0.15) is 11.9 Å². The Morgan fingerprint density at radius 3 is 0.953 bits per heavy atom. The molecular formula is C97H91Cl15F2N6O8. The van der Waals surface area contributed by atoms with Gasteiger partial charge in [0.2, 0.25) is 0 Å². The van der Waals surface area contributed by atoms with Crippen molar-refractivity contribution in [2.45, 2.75) is 113 Å². The molecule has 14 nitrogen and oxygen atoms in total. The molecule has 128 heavy (non-hydrogen) atoms. The maximum atomic E-state index is 13.6. The Morgan fingerprint density at radius 1 is 0.359 bits per heavy atom. The summed E-state index contributed by atoms with van der Waals surface area (Å²) in [6.45, 7) is 9.38. The maximum absolute atomic E-state index is 13.6. The number of ether oxygens (including phenoxy) is 5. The second-order valence-corrected chi connectivity index (χ2v) is 37.4. The van der Waals surface area contributed by atoms with Gasteiger partial charge >= 0.3 is 0 Å². The molecule has 31 heteroatoms. The highest BCUT2D eigenvalue weighted by Gasteiger charge is 2.41. The van der Waals surface area contributed by atoms with Crippen LogP contribution in [0.4, 0.5) is 37.2 Å². The summed E-state index contributed by atoms with van der Waals surface area (Å²) in [6, 6.07) is 68.7. The van der Waals surface area contributed by atoms with Crippen LogP contribution in [0, 0.1) is 11.6 Å². The third-order valence-electron chi connectivity index (χ3n) is 22.2. The first-order valence-corrected chi connectivity index (χ1v) is 46.9. The zero-order valence-corrected chi connectivity index (χ0v) is 80.6. The summed E-state index contributed by atoms with van der Waals surface area (Å²) in [7, 11) is 0. The average molecular weight is 2040 g/mol. The third kappa shape index (κ3) is 27.5. The minimum absolute atomic E-state index is 0.0185. The number of nitrogens with two attached hydrogens (primary N) is 1. The number of amides is 1. The molecule has 0 spiro atoms. The number of Topliss-reactive ketones (excluding diaryl/α,β-unsaturated/α-hetero) is 1. The largest absolute Gasteiger partial charge is 0.396 e. The number of hydrogen-bond donors (Lipinski definition) is 2. The molecule has 11 aromatic rings. The highest BCUT2D eigenvalue weighted by Crippen LogP contribution is 2.44. The van der Waals surface area contributed by atoms with Crippen LogP contribution in [0.25, 0.3) is 0 Å². The number of aliphatic hydroxyl groups is 1. The number of aliphatic hydroxyl groups excluding tert-OH is 1. The molecule has 10 atom stereocenters. The van der Waals surface area contributed by atoms with E-state index in [0.717, 1.165) is 94.0 Å². The molecule has 11 aromatic carbocycles. The van der Waals surface area contributed by atoms with Crippen molar-refractivity contribution in [3.63, 3.8) is 0 Å². The number of rotatable bonds is 20. The van der Waals surface area contributed by atoms with Crippen molar-refractivity contribution in [2.24, 2.45) is 5.73 Å². The smallest absolute Gasteiger partial charge is 0.257 e. The van der Waals surface area contributed by atoms with Crippen LogP contribution in [-0.4, -0.2) is 120 Å². The van der Waals surface area contributed by atoms with Crippen LogP contribution in [0.5, 0.6) is 0 Å². The number of carbonyl (C=O) groups excluding carboxylic acids is 2. The van der Waals surface area contributed by atoms with Crippen LogP contribution in [0.3, 0.4) is 0 Å². The second-order valence-electron chi connectivity index (χ2n) is 31.0. The Balaban J connectivity index is 0.000000146. The monoisotopic (exact) mass is 2030 g/mol. The molecule has 10 unspecified atom stereocenters. The lowest BCUT2D eigenvalue weighted by Gasteiger charge is -2.42. The number of hydrogen-bond acceptors (Lipinski definition) is 13. The van der Waals surface area contributed by atoms with Crippen LogP contribution in [-0.2, 0) is 39.7 Å². The third-order valence-corrected chi connectivity index (χ3v) is 26.2. The van der Waals surface area contributed by atoms with E-state index < -0.39 is 23.8 Å². The van der Waals surface area contributed by atoms with Crippen molar-refractivity contribution in [1.82, 2.24) is 0 Å². The van der Waals surface area contributed by atoms with Gasteiger partial charge in [-0.05, 0) is 260 Å². The Bertz CT molecular complexity index is 5230. The molecule has 0 radical (unpaired) electrons. The van der Waals surface area contributed by atoms with E-state index in [1.807, 2.05) is 140 Å². The minimum Gasteiger partial charge on any atom is -0.396 e. The van der Waals surface area contributed by atoms with Crippen LogP contribution < -0.4 is 30.2 Å². The standard InChI is InChI=1S/C23H18Cl3F2NO.C19H16Cl3NO3.C19H20Cl3NO.C18H19Cl3N2O.C18H18Cl3NO2/c24-15-2-5-17(6-3-15)29-12-18(9-14-1-8-21(27)22(28)10-14)30-13-23(29)19-7-4-16(25)11-20(19)26;1-11(24)8-18-19(25)23(14-5-2-12(20)3-6-14)17(10-26-18)15-7-4-13(21)9-16(15)22;1-2-3-16-11-23(15-7-4-13(20)5-8-15)19(12-24-16)17-9-6-14(21)10-18(17)22;19-12-1-4-14(5-2-12)23-10-15(7-8-22)24-11-18(23)16-6-3-13(20)9-17(16)21;19-12-1-4-14(5-2-12)22-10-15(7-8-23)24-11-18(22)16-6-3-13(20)9-17(16)21/h1-8,10-11,18,23H,9,12-13H2;2-7,9,17-18H,8,10H2,1H3;4-10,16,19H,2-3,11-12H2,1H3;1-6,9,15,18H,7-8,10-11,22H2;1-6,9,15,18,23H,7-8,10-11H2. The lowest BCUT2D eigenvalue weighted by molar-refractivity contribution is -0.140. The molecule has 16 rings (SSSR count). The van der Waals surface area contributed by atoms with Gasteiger partial charge in [0.15, 0.2) is 11.6 Å². The zero-order valence-electron chi connectivity index (χ0n) is 69.3. The number of nitrogens with zero attached hydrogens (tertiary/aromatic N) is 5. The van der Waals surface area contributed by atoms with Crippen molar-refractivity contribution in [3.05, 3.63) is 351 Å². The number of anilines is 5. The topological polar surface area (TPSA) is 143 Å². The Morgan fingerprint density at radius 2 is 0.648 bits per heavy atom. The van der Waals surface area contributed by atoms with Crippen molar-refractivity contribution in [1.29, 1.82) is 0 Å². The first-order chi connectivity index (χ1) is 61.5. The quantitative estimate of drug-likeness (QED) is 0.0748. The zero-order chi connectivity index (χ0) is 91.4. The van der Waals surface area contributed by atoms with Gasteiger partial charge in [0.25, 0.3) is 5.91 Å². The normalized spacial score (nSPS) is 20.5. The molecule has 676 valence electrons. The number of benzene rings is 11. The number of carbonyl (C=O) groups is 2. The van der Waals surface area contributed by atoms with Crippen LogP contribution in [0.1, 0.15) is 110 Å². The fraction of sp³-hybridized carbons (Fsp3) is 0.299. The van der Waals surface area contributed by atoms with E-state index in [1.54, 1.807) is 83.8 Å². The fourth-order valence-electron chi connectivity index (χ4n) is 15.9. The molecule has 0 bridgehead atoms. The molecule has 3 N–H and O–H groups in total. The lowest BCUT2D eigenvalue weighted by Crippen LogP contribution is -2.50. The molecule has 0 saturated carbocycles. The van der Waals surface area contributed by atoms with Crippen molar-refractivity contribution < 1.29 is 47.2 Å². The highest BCUT2D eigenvalue weighted by molar-refractivity contribution is 6.38. The minimum atomic E-state index is -0.858. The van der Waals surface area contributed by atoms with Gasteiger partial charge in [-0.1, -0.05) is 224 Å². The van der Waals surface area contributed by atoms with Gasteiger partial charge in [-0.15, -0.1) is 0 Å². The molecule has 1 amide bonds. The molecule has 5 heterocycles. The van der Waals surface area contributed by atoms with Gasteiger partial charge in [-0.25, -0.2) is 8.78 Å². The molecular weight excluding hydrogens is 1950 g/mol. The van der Waals surface area contributed by atoms with Gasteiger partial charge in [-0.3, -0.25) is 9.59 Å². The summed E-state index contributed by atoms with van der Waals surface area (Å²) in [5.74, 6) is -2.11. The van der Waals surface area contributed by atoms with Crippen molar-refractivity contribution in [2.75, 3.05) is 96.9 Å². The van der Waals surface area contributed by atoms with E-state index in [4.69, 9.17) is 203 Å². The van der Waals surface area contributed by atoms with Crippen LogP contribution in [0.15, 0.2) is 231 Å². The molecule has 5 fully saturated rings. The molecule has 0 aromatic heterocycles. The van der Waals surface area contributed by atoms with E-state index in [1.165, 1.54) is 13.0 Å². The number of halogens is 17. The van der Waals surface area contributed by atoms with Crippen LogP contribution >= 0.6 is 174 Å². The Labute approximate surface area is 820 Å². The predicted molar refractivity (Wildman–Crippen MR) is 524 cm³/mol. The SMILES string of the molecule is CC(=O)CC1OCC(c2ccc(Cl)cc2Cl)N(c2ccc(Cl)cc2)C1=O.CCCC1CN(c2ccc(Cl)cc2)C(c2ccc(Cl)cc2Cl)CO1.Fc1ccc(CC2CN(c3ccc(Cl)cc3)C(c3ccc(Cl)cc3Cl)CO2)cc1F.NCCC1CN(c2ccc(Cl)cc2)C(c2ccc(Cl)cc2Cl)CO1.OCCC1CN(c2ccc(Cl)cc2)C(c2ccc(Cl)cc2Cl)CO1. The summed E-state index contributed by atoms with van der Waals surface area (Å²) in [4.78, 5) is 35.2. The molecule has 5 saturated heterocycles. The Hall–Kier alpha value is -6.31. The lowest BCUT2D eigenvalue weighted by atomic mass is 9.99. The second kappa shape index (κ2) is 48.6. The van der Waals surface area contributed by atoms with Gasteiger partial charge < -0.3 is 59.0 Å². The Kier molecular flexibility index (Phi) is 38.2. The number of morpholine rings is 5. The number of ketones is 1. The van der Waals surface area contributed by atoms with Gasteiger partial charge in [0, 0.05) is 149 Å². The van der Waals surface area contributed by atoms with Crippen molar-refractivity contribution in [3.8, 4) is 0 Å². The fourth-order valence-corrected chi connectivity index (χ4v) is 19.2. The van der Waals surface area contributed by atoms with E-state index in [2.05, 4.69) is 26.5 Å². The van der Waals surface area contributed by atoms with Gasteiger partial charge in [0.05, 0.1) is 87.7 Å². The first kappa shape index (κ1) is 101. The van der Waals surface area contributed by atoms with E-state index in [9.17, 15) is 23.5 Å². The van der Waals surface area contributed by atoms with Crippen LogP contribution in [0.2, 0.25) is 75.3 Å². The van der Waals surface area contributed by atoms with Crippen molar-refractivity contribution >= 4 is 214 Å². The van der Waals surface area contributed by atoms with Gasteiger partial charge in [-0.2, -0.15) is 0 Å². The molecule has 5 aliphatic rings. The average Bonchev–Trinajstić information content (AvgIpc) is 0.785. The van der Waals surface area contributed by atoms with E-state index in [0.29, 0.717) is 140 Å². The summed E-state index contributed by atoms with van der Waals surface area (Å²) >= 11 is 92.4. The molecule has 5 aliphatic heterocycles. The summed E-state index contributed by atoms with van der Waals surface area (Å²) in [5.41, 5.74) is 15.9. The van der Waals surface area contributed by atoms with E-state index >= 15 is 0 Å².